The molecular formula is C38H33ClN4O4S. The molecule has 48 heavy (non-hydrogen) atoms. The van der Waals surface area contributed by atoms with Crippen LogP contribution in [0.15, 0.2) is 120 Å². The second-order valence-corrected chi connectivity index (χ2v) is 13.0. The Labute approximate surface area is 287 Å². The van der Waals surface area contributed by atoms with Crippen LogP contribution in [0.4, 0.5) is 0 Å². The van der Waals surface area contributed by atoms with E-state index in [1.165, 1.54) is 40.5 Å². The minimum absolute atomic E-state index is 0.0863. The molecule has 0 N–H and O–H groups in total. The fourth-order valence-electron chi connectivity index (χ4n) is 6.12. The lowest BCUT2D eigenvalue weighted by molar-refractivity contribution is -0.135. The number of carbonyl (C=O) groups is 1. The van der Waals surface area contributed by atoms with Crippen molar-refractivity contribution in [2.24, 2.45) is 0 Å². The van der Waals surface area contributed by atoms with Crippen LogP contribution < -0.4 is 15.0 Å². The fraction of sp³-hybridized carbons (Fsp3) is 0.184. The molecule has 1 amide bonds. The Bertz CT molecular complexity index is 2050. The van der Waals surface area contributed by atoms with Crippen molar-refractivity contribution in [3.8, 4) is 27.6 Å². The second kappa shape index (κ2) is 14.0. The summed E-state index contributed by atoms with van der Waals surface area (Å²) in [4.78, 5) is 36.5. The summed E-state index contributed by atoms with van der Waals surface area (Å²) in [5.41, 5.74) is 4.47. The number of benzene rings is 4. The highest BCUT2D eigenvalue weighted by atomic mass is 35.5. The number of ether oxygens (including phenoxy) is 2. The van der Waals surface area contributed by atoms with Crippen LogP contribution in [0.2, 0.25) is 5.02 Å². The van der Waals surface area contributed by atoms with Gasteiger partial charge in [0, 0.05) is 42.1 Å². The summed E-state index contributed by atoms with van der Waals surface area (Å²) in [6.45, 7) is 2.59. The van der Waals surface area contributed by atoms with Crippen LogP contribution >= 0.6 is 22.9 Å². The molecule has 0 atom stereocenters. The lowest BCUT2D eigenvalue weighted by Gasteiger charge is -2.39. The average molecular weight is 677 g/mol. The Balaban J connectivity index is 1.02. The van der Waals surface area contributed by atoms with Crippen molar-refractivity contribution >= 4 is 39.1 Å². The van der Waals surface area contributed by atoms with Gasteiger partial charge in [0.05, 0.1) is 24.4 Å². The van der Waals surface area contributed by atoms with Crippen LogP contribution in [0.5, 0.6) is 11.5 Å². The molecule has 0 radical (unpaired) electrons. The van der Waals surface area contributed by atoms with E-state index in [4.69, 9.17) is 21.1 Å². The Hall–Kier alpha value is -4.96. The number of hydrogen-bond donors (Lipinski definition) is 0. The molecule has 1 aliphatic heterocycles. The SMILES string of the molecule is COc1cc(-n2cnc3cc(-c4ccc(Cl)cc4)sc3c2=O)ccc1OCC(=O)N1CCN(C(c2ccccc2)c2ccccc2)CC1. The normalized spacial score (nSPS) is 13.6. The highest BCUT2D eigenvalue weighted by molar-refractivity contribution is 7.22. The third kappa shape index (κ3) is 6.57. The van der Waals surface area contributed by atoms with E-state index < -0.39 is 0 Å². The summed E-state index contributed by atoms with van der Waals surface area (Å²) in [5.74, 6) is 0.750. The molecule has 6 aromatic rings. The van der Waals surface area contributed by atoms with E-state index >= 15 is 0 Å². The molecule has 8 nitrogen and oxygen atoms in total. The van der Waals surface area contributed by atoms with Crippen molar-refractivity contribution in [2.75, 3.05) is 39.9 Å². The van der Waals surface area contributed by atoms with Gasteiger partial charge >= 0.3 is 0 Å². The summed E-state index contributed by atoms with van der Waals surface area (Å²) in [5, 5.41) is 0.653. The van der Waals surface area contributed by atoms with E-state index in [-0.39, 0.29) is 24.1 Å². The first-order valence-electron chi connectivity index (χ1n) is 15.7. The van der Waals surface area contributed by atoms with Crippen LogP contribution in [-0.4, -0.2) is 65.2 Å². The first-order chi connectivity index (χ1) is 23.5. The minimum Gasteiger partial charge on any atom is -0.493 e. The maximum atomic E-state index is 13.5. The van der Waals surface area contributed by atoms with Gasteiger partial charge in [-0.3, -0.25) is 19.1 Å². The number of nitrogens with zero attached hydrogens (tertiary/aromatic N) is 4. The van der Waals surface area contributed by atoms with Gasteiger partial charge in [-0.15, -0.1) is 11.3 Å². The molecule has 3 heterocycles. The molecule has 0 spiro atoms. The number of piperazine rings is 1. The molecule has 4 aromatic carbocycles. The summed E-state index contributed by atoms with van der Waals surface area (Å²) >= 11 is 7.43. The Kier molecular flexibility index (Phi) is 9.25. The molecule has 242 valence electrons. The van der Waals surface area contributed by atoms with E-state index in [1.807, 2.05) is 47.4 Å². The van der Waals surface area contributed by atoms with Gasteiger partial charge in [0.1, 0.15) is 11.0 Å². The van der Waals surface area contributed by atoms with Crippen molar-refractivity contribution in [3.63, 3.8) is 0 Å². The van der Waals surface area contributed by atoms with E-state index in [0.29, 0.717) is 45.5 Å². The molecule has 2 aromatic heterocycles. The number of thiophene rings is 1. The number of halogens is 1. The number of fused-ring (bicyclic) bond motifs is 1. The molecule has 10 heteroatoms. The van der Waals surface area contributed by atoms with Crippen LogP contribution in [0.25, 0.3) is 26.3 Å². The van der Waals surface area contributed by atoms with Crippen molar-refractivity contribution in [1.29, 1.82) is 0 Å². The number of hydrogen-bond acceptors (Lipinski definition) is 7. The Morgan fingerprint density at radius 1 is 0.854 bits per heavy atom. The van der Waals surface area contributed by atoms with Gasteiger partial charge in [0.15, 0.2) is 18.1 Å². The first kappa shape index (κ1) is 31.6. The number of amides is 1. The molecular weight excluding hydrogens is 644 g/mol. The maximum absolute atomic E-state index is 13.5. The lowest BCUT2D eigenvalue weighted by Crippen LogP contribution is -2.51. The molecule has 1 saturated heterocycles. The van der Waals surface area contributed by atoms with Crippen molar-refractivity contribution in [2.45, 2.75) is 6.04 Å². The summed E-state index contributed by atoms with van der Waals surface area (Å²) in [7, 11) is 1.53. The molecule has 0 unspecified atom stereocenters. The predicted octanol–water partition coefficient (Wildman–Crippen LogP) is 7.09. The quantitative estimate of drug-likeness (QED) is 0.163. The van der Waals surface area contributed by atoms with Gasteiger partial charge in [-0.2, -0.15) is 0 Å². The van der Waals surface area contributed by atoms with E-state index in [2.05, 4.69) is 58.4 Å². The molecule has 0 aliphatic carbocycles. The predicted molar refractivity (Wildman–Crippen MR) is 191 cm³/mol. The Morgan fingerprint density at radius 3 is 2.17 bits per heavy atom. The standard InChI is InChI=1S/C38H33ClN4O4S/c1-46-33-22-30(43-25-40-31-23-34(48-37(31)38(43)45)26-12-14-29(39)15-13-26)16-17-32(33)47-24-35(44)41-18-20-42(21-19-41)36(27-8-4-2-5-9-27)28-10-6-3-7-11-28/h2-17,22-23,25,36H,18-21,24H2,1H3. The third-order valence-electron chi connectivity index (χ3n) is 8.61. The fourth-order valence-corrected chi connectivity index (χ4v) is 7.30. The minimum atomic E-state index is -0.183. The van der Waals surface area contributed by atoms with Gasteiger partial charge in [-0.25, -0.2) is 4.98 Å². The van der Waals surface area contributed by atoms with Crippen molar-refractivity contribution in [1.82, 2.24) is 19.4 Å². The lowest BCUT2D eigenvalue weighted by atomic mass is 9.96. The number of carbonyl (C=O) groups excluding carboxylic acids is 1. The Morgan fingerprint density at radius 2 is 1.52 bits per heavy atom. The maximum Gasteiger partial charge on any atom is 0.275 e. The van der Waals surface area contributed by atoms with Crippen LogP contribution in [-0.2, 0) is 4.79 Å². The van der Waals surface area contributed by atoms with Gasteiger partial charge in [-0.1, -0.05) is 84.4 Å². The summed E-state index contributed by atoms with van der Waals surface area (Å²) < 4.78 is 13.6. The van der Waals surface area contributed by atoms with Gasteiger partial charge in [-0.05, 0) is 47.0 Å². The van der Waals surface area contributed by atoms with E-state index in [9.17, 15) is 9.59 Å². The molecule has 0 bridgehead atoms. The molecule has 7 rings (SSSR count). The van der Waals surface area contributed by atoms with E-state index in [1.54, 1.807) is 18.2 Å². The zero-order valence-electron chi connectivity index (χ0n) is 26.3. The monoisotopic (exact) mass is 676 g/mol. The summed E-state index contributed by atoms with van der Waals surface area (Å²) in [6.07, 6.45) is 1.52. The van der Waals surface area contributed by atoms with Gasteiger partial charge in [0.2, 0.25) is 0 Å². The third-order valence-corrected chi connectivity index (χ3v) is 10.0. The van der Waals surface area contributed by atoms with Crippen molar-refractivity contribution < 1.29 is 14.3 Å². The topological polar surface area (TPSA) is 76.9 Å². The van der Waals surface area contributed by atoms with Crippen molar-refractivity contribution in [3.05, 3.63) is 142 Å². The molecule has 0 saturated carbocycles. The first-order valence-corrected chi connectivity index (χ1v) is 16.9. The summed E-state index contributed by atoms with van der Waals surface area (Å²) in [6, 6.07) is 35.7. The smallest absolute Gasteiger partial charge is 0.275 e. The zero-order valence-corrected chi connectivity index (χ0v) is 27.9. The highest BCUT2D eigenvalue weighted by Gasteiger charge is 2.28. The van der Waals surface area contributed by atoms with Crippen LogP contribution in [0.3, 0.4) is 0 Å². The number of aromatic nitrogens is 2. The average Bonchev–Trinajstić information content (AvgIpc) is 3.58. The largest absolute Gasteiger partial charge is 0.493 e. The van der Waals surface area contributed by atoms with Gasteiger partial charge < -0.3 is 14.4 Å². The number of rotatable bonds is 9. The van der Waals surface area contributed by atoms with E-state index in [0.717, 1.165) is 23.5 Å². The highest BCUT2D eigenvalue weighted by Crippen LogP contribution is 2.33. The van der Waals surface area contributed by atoms with Crippen LogP contribution in [0, 0.1) is 0 Å². The van der Waals surface area contributed by atoms with Gasteiger partial charge in [0.25, 0.3) is 11.5 Å². The zero-order chi connectivity index (χ0) is 33.0. The molecule has 1 fully saturated rings. The van der Waals surface area contributed by atoms with Crippen LogP contribution in [0.1, 0.15) is 17.2 Å². The number of methoxy groups -OCH3 is 1. The molecule has 1 aliphatic rings. The second-order valence-electron chi connectivity index (χ2n) is 11.5.